The summed E-state index contributed by atoms with van der Waals surface area (Å²) < 4.78 is 1.03. The second-order valence-electron chi connectivity index (χ2n) is 4.42. The average Bonchev–Trinajstić information content (AvgIpc) is 2.73. The van der Waals surface area contributed by atoms with E-state index in [4.69, 9.17) is 23.2 Å². The van der Waals surface area contributed by atoms with Gasteiger partial charge in [-0.05, 0) is 38.1 Å². The lowest BCUT2D eigenvalue weighted by Crippen LogP contribution is -2.35. The predicted molar refractivity (Wildman–Crippen MR) is 79.2 cm³/mol. The Balaban J connectivity index is 1.86. The van der Waals surface area contributed by atoms with E-state index in [9.17, 15) is 0 Å². The molecule has 2 N–H and O–H groups in total. The highest BCUT2D eigenvalue weighted by Gasteiger charge is 2.15. The molecule has 3 rings (SSSR count). The van der Waals surface area contributed by atoms with Crippen LogP contribution in [-0.2, 0) is 0 Å². The van der Waals surface area contributed by atoms with Crippen LogP contribution >= 0.6 is 34.5 Å². The van der Waals surface area contributed by atoms with Gasteiger partial charge in [-0.15, -0.1) is 0 Å². The average molecular weight is 302 g/mol. The minimum atomic E-state index is 0.501. The maximum atomic E-state index is 6.14. The number of rotatable bonds is 2. The van der Waals surface area contributed by atoms with E-state index in [0.717, 1.165) is 41.3 Å². The molecule has 1 aliphatic rings. The van der Waals surface area contributed by atoms with Crippen molar-refractivity contribution in [3.8, 4) is 0 Å². The second kappa shape index (κ2) is 5.21. The van der Waals surface area contributed by atoms with Crippen molar-refractivity contribution >= 4 is 49.9 Å². The summed E-state index contributed by atoms with van der Waals surface area (Å²) in [6.45, 7) is 2.13. The molecule has 18 heavy (non-hydrogen) atoms. The number of halogens is 2. The van der Waals surface area contributed by atoms with Gasteiger partial charge in [-0.25, -0.2) is 4.98 Å². The van der Waals surface area contributed by atoms with Crippen LogP contribution in [0.3, 0.4) is 0 Å². The topological polar surface area (TPSA) is 37.0 Å². The van der Waals surface area contributed by atoms with E-state index in [0.29, 0.717) is 16.1 Å². The van der Waals surface area contributed by atoms with Gasteiger partial charge in [-0.2, -0.15) is 0 Å². The summed E-state index contributed by atoms with van der Waals surface area (Å²) in [5.74, 6) is 0. The quantitative estimate of drug-likeness (QED) is 0.886. The number of nitrogens with one attached hydrogen (secondary N) is 2. The summed E-state index contributed by atoms with van der Waals surface area (Å²) in [4.78, 5) is 4.54. The van der Waals surface area contributed by atoms with Crippen molar-refractivity contribution in [2.75, 3.05) is 18.4 Å². The SMILES string of the molecule is Clc1cc(Cl)c2nc(NC3CCNCC3)sc2c1. The normalized spacial score (nSPS) is 17.2. The Bertz CT molecular complexity index is 564. The van der Waals surface area contributed by atoms with Gasteiger partial charge in [0.25, 0.3) is 0 Å². The van der Waals surface area contributed by atoms with Crippen molar-refractivity contribution in [1.82, 2.24) is 10.3 Å². The van der Waals surface area contributed by atoms with Gasteiger partial charge in [0.2, 0.25) is 0 Å². The largest absolute Gasteiger partial charge is 0.359 e. The third-order valence-electron chi connectivity index (χ3n) is 3.08. The zero-order chi connectivity index (χ0) is 12.5. The molecule has 0 bridgehead atoms. The summed E-state index contributed by atoms with van der Waals surface area (Å²) in [6.07, 6.45) is 2.26. The van der Waals surface area contributed by atoms with E-state index >= 15 is 0 Å². The minimum Gasteiger partial charge on any atom is -0.359 e. The molecule has 2 heterocycles. The van der Waals surface area contributed by atoms with Crippen molar-refractivity contribution in [2.24, 2.45) is 0 Å². The highest BCUT2D eigenvalue weighted by Crippen LogP contribution is 2.34. The van der Waals surface area contributed by atoms with E-state index in [1.54, 1.807) is 17.4 Å². The van der Waals surface area contributed by atoms with Crippen LogP contribution in [0.2, 0.25) is 10.0 Å². The standard InChI is InChI=1S/C12H13Cl2N3S/c13-7-5-9(14)11-10(6-7)18-12(17-11)16-8-1-3-15-4-2-8/h5-6,8,15H,1-4H2,(H,16,17). The number of hydrogen-bond acceptors (Lipinski definition) is 4. The summed E-state index contributed by atoms with van der Waals surface area (Å²) in [7, 11) is 0. The Labute approximate surface area is 119 Å². The molecular formula is C12H13Cl2N3S. The molecule has 0 atom stereocenters. The molecule has 3 nitrogen and oxygen atoms in total. The van der Waals surface area contributed by atoms with Crippen LogP contribution in [0.5, 0.6) is 0 Å². The number of hydrogen-bond donors (Lipinski definition) is 2. The Kier molecular flexibility index (Phi) is 3.61. The first kappa shape index (κ1) is 12.5. The Morgan fingerprint density at radius 1 is 1.28 bits per heavy atom. The van der Waals surface area contributed by atoms with Gasteiger partial charge < -0.3 is 10.6 Å². The van der Waals surface area contributed by atoms with Gasteiger partial charge in [0.05, 0.1) is 9.72 Å². The fourth-order valence-electron chi connectivity index (χ4n) is 2.16. The zero-order valence-corrected chi connectivity index (χ0v) is 12.0. The lowest BCUT2D eigenvalue weighted by Gasteiger charge is -2.23. The number of piperidine rings is 1. The fourth-order valence-corrected chi connectivity index (χ4v) is 3.83. The van der Waals surface area contributed by atoms with Gasteiger partial charge in [-0.1, -0.05) is 34.5 Å². The van der Waals surface area contributed by atoms with Crippen LogP contribution in [0.25, 0.3) is 10.2 Å². The van der Waals surface area contributed by atoms with Gasteiger partial charge in [-0.3, -0.25) is 0 Å². The van der Waals surface area contributed by atoms with Crippen molar-refractivity contribution in [3.05, 3.63) is 22.2 Å². The number of benzene rings is 1. The third kappa shape index (κ3) is 2.57. The van der Waals surface area contributed by atoms with Crippen LogP contribution in [0, 0.1) is 0 Å². The van der Waals surface area contributed by atoms with Crippen LogP contribution in [0.1, 0.15) is 12.8 Å². The molecular weight excluding hydrogens is 289 g/mol. The van der Waals surface area contributed by atoms with E-state index in [1.165, 1.54) is 0 Å². The molecule has 1 aromatic heterocycles. The molecule has 1 aliphatic heterocycles. The first-order valence-electron chi connectivity index (χ1n) is 5.95. The fraction of sp³-hybridized carbons (Fsp3) is 0.417. The van der Waals surface area contributed by atoms with Gasteiger partial charge >= 0.3 is 0 Å². The molecule has 0 aliphatic carbocycles. The maximum absolute atomic E-state index is 6.14. The Morgan fingerprint density at radius 3 is 2.83 bits per heavy atom. The lowest BCUT2D eigenvalue weighted by atomic mass is 10.1. The van der Waals surface area contributed by atoms with E-state index in [2.05, 4.69) is 15.6 Å². The summed E-state index contributed by atoms with van der Waals surface area (Å²) >= 11 is 13.7. The number of anilines is 1. The molecule has 0 spiro atoms. The molecule has 0 saturated carbocycles. The van der Waals surface area contributed by atoms with Gasteiger partial charge in [0, 0.05) is 11.1 Å². The molecule has 6 heteroatoms. The zero-order valence-electron chi connectivity index (χ0n) is 9.67. The molecule has 0 unspecified atom stereocenters. The highest BCUT2D eigenvalue weighted by atomic mass is 35.5. The lowest BCUT2D eigenvalue weighted by molar-refractivity contribution is 0.479. The number of fused-ring (bicyclic) bond motifs is 1. The molecule has 0 radical (unpaired) electrons. The van der Waals surface area contributed by atoms with E-state index in [1.807, 2.05) is 6.07 Å². The maximum Gasteiger partial charge on any atom is 0.184 e. The number of aromatic nitrogens is 1. The molecule has 96 valence electrons. The summed E-state index contributed by atoms with van der Waals surface area (Å²) in [5.41, 5.74) is 0.836. The predicted octanol–water partition coefficient (Wildman–Crippen LogP) is 3.77. The van der Waals surface area contributed by atoms with Gasteiger partial charge in [0.15, 0.2) is 5.13 Å². The van der Waals surface area contributed by atoms with E-state index < -0.39 is 0 Å². The summed E-state index contributed by atoms with van der Waals surface area (Å²) in [5, 5.41) is 9.04. The highest BCUT2D eigenvalue weighted by molar-refractivity contribution is 7.22. The first-order valence-corrected chi connectivity index (χ1v) is 7.52. The van der Waals surface area contributed by atoms with Crippen LogP contribution in [0.15, 0.2) is 12.1 Å². The molecule has 2 aromatic rings. The van der Waals surface area contributed by atoms with Crippen LogP contribution in [-0.4, -0.2) is 24.1 Å². The Morgan fingerprint density at radius 2 is 2.06 bits per heavy atom. The monoisotopic (exact) mass is 301 g/mol. The molecule has 1 fully saturated rings. The third-order valence-corrected chi connectivity index (χ3v) is 4.52. The molecule has 1 aromatic carbocycles. The molecule has 0 amide bonds. The van der Waals surface area contributed by atoms with Crippen LogP contribution in [0.4, 0.5) is 5.13 Å². The van der Waals surface area contributed by atoms with Crippen molar-refractivity contribution < 1.29 is 0 Å². The van der Waals surface area contributed by atoms with Gasteiger partial charge in [0.1, 0.15) is 5.52 Å². The Hall–Kier alpha value is -0.550. The number of thiazole rings is 1. The number of nitrogens with zero attached hydrogens (tertiary/aromatic N) is 1. The van der Waals surface area contributed by atoms with Crippen molar-refractivity contribution in [2.45, 2.75) is 18.9 Å². The summed E-state index contributed by atoms with van der Waals surface area (Å²) in [6, 6.07) is 4.15. The minimum absolute atomic E-state index is 0.501. The molecule has 1 saturated heterocycles. The smallest absolute Gasteiger partial charge is 0.184 e. The first-order chi connectivity index (χ1) is 8.72. The van der Waals surface area contributed by atoms with Crippen molar-refractivity contribution in [3.63, 3.8) is 0 Å². The van der Waals surface area contributed by atoms with Crippen LogP contribution < -0.4 is 10.6 Å². The van der Waals surface area contributed by atoms with E-state index in [-0.39, 0.29) is 0 Å². The van der Waals surface area contributed by atoms with Crippen molar-refractivity contribution in [1.29, 1.82) is 0 Å². The second-order valence-corrected chi connectivity index (χ2v) is 6.30.